The molecule has 0 fully saturated rings. The summed E-state index contributed by atoms with van der Waals surface area (Å²) in [5.74, 6) is 0.592. The Morgan fingerprint density at radius 2 is 2.07 bits per heavy atom. The van der Waals surface area contributed by atoms with E-state index in [2.05, 4.69) is 0 Å². The van der Waals surface area contributed by atoms with Gasteiger partial charge in [0.1, 0.15) is 18.5 Å². The summed E-state index contributed by atoms with van der Waals surface area (Å²) < 4.78 is 18.5. The maximum absolute atomic E-state index is 13.4. The largest absolute Gasteiger partial charge is 0.486 e. The lowest BCUT2D eigenvalue weighted by atomic mass is 10.1. The molecule has 0 bridgehead atoms. The summed E-state index contributed by atoms with van der Waals surface area (Å²) in [5.41, 5.74) is 0.662. The highest BCUT2D eigenvalue weighted by atomic mass is 19.1. The van der Waals surface area contributed by atoms with Crippen LogP contribution in [0.5, 0.6) is 5.75 Å². The molecule has 3 heteroatoms. The number of hydrogen-bond donors (Lipinski definition) is 0. The van der Waals surface area contributed by atoms with Crippen molar-refractivity contribution in [1.29, 1.82) is 0 Å². The quantitative estimate of drug-likeness (QED) is 0.674. The summed E-state index contributed by atoms with van der Waals surface area (Å²) in [7, 11) is 0. The second kappa shape index (κ2) is 6.17. The molecule has 0 heterocycles. The minimum atomic E-state index is -0.907. The van der Waals surface area contributed by atoms with Crippen LogP contribution in [0.15, 0.2) is 24.3 Å². The number of alkyl halides is 1. The summed E-state index contributed by atoms with van der Waals surface area (Å²) in [5, 5.41) is 0. The zero-order chi connectivity index (χ0) is 11.1. The van der Waals surface area contributed by atoms with Gasteiger partial charge in [-0.1, -0.05) is 25.5 Å². The highest BCUT2D eigenvalue weighted by Crippen LogP contribution is 2.24. The number of benzene rings is 1. The highest BCUT2D eigenvalue weighted by Gasteiger charge is 2.07. The molecule has 0 aliphatic rings. The summed E-state index contributed by atoms with van der Waals surface area (Å²) >= 11 is 0. The lowest BCUT2D eigenvalue weighted by Gasteiger charge is -2.08. The predicted molar refractivity (Wildman–Crippen MR) is 56.8 cm³/mol. The molecule has 1 aromatic rings. The summed E-state index contributed by atoms with van der Waals surface area (Å²) in [6.45, 7) is 1.99. The van der Waals surface area contributed by atoms with Crippen LogP contribution in [0.25, 0.3) is 0 Å². The molecule has 0 saturated carbocycles. The first-order valence-electron chi connectivity index (χ1n) is 5.08. The molecule has 0 amide bonds. The first kappa shape index (κ1) is 11.7. The molecule has 0 spiro atoms. The first-order chi connectivity index (χ1) is 7.27. The molecule has 82 valence electrons. The van der Waals surface area contributed by atoms with Crippen molar-refractivity contribution in [2.75, 3.05) is 6.61 Å². The van der Waals surface area contributed by atoms with E-state index in [-0.39, 0.29) is 6.61 Å². The number of aldehydes is 1. The number of halogens is 1. The first-order valence-corrected chi connectivity index (χ1v) is 5.08. The van der Waals surface area contributed by atoms with E-state index in [0.717, 1.165) is 6.42 Å². The fourth-order valence-electron chi connectivity index (χ4n) is 1.32. The van der Waals surface area contributed by atoms with Gasteiger partial charge in [-0.25, -0.2) is 4.39 Å². The maximum Gasteiger partial charge on any atom is 0.157 e. The topological polar surface area (TPSA) is 26.3 Å². The van der Waals surface area contributed by atoms with Gasteiger partial charge in [-0.3, -0.25) is 4.79 Å². The average molecular weight is 210 g/mol. The van der Waals surface area contributed by atoms with Gasteiger partial charge in [0.25, 0.3) is 0 Å². The highest BCUT2D eigenvalue weighted by molar-refractivity contribution is 5.51. The van der Waals surface area contributed by atoms with Gasteiger partial charge >= 0.3 is 0 Å². The van der Waals surface area contributed by atoms with Crippen LogP contribution in [0.3, 0.4) is 0 Å². The number of rotatable bonds is 6. The predicted octanol–water partition coefficient (Wildman–Crippen LogP) is 3.08. The van der Waals surface area contributed by atoms with Crippen LogP contribution >= 0.6 is 0 Å². The van der Waals surface area contributed by atoms with Crippen molar-refractivity contribution in [1.82, 2.24) is 0 Å². The van der Waals surface area contributed by atoms with Gasteiger partial charge < -0.3 is 4.74 Å². The monoisotopic (exact) mass is 210 g/mol. The number of ether oxygens (including phenoxy) is 1. The molecule has 0 aliphatic heterocycles. The van der Waals surface area contributed by atoms with Crippen LogP contribution in [-0.2, 0) is 4.79 Å². The van der Waals surface area contributed by atoms with Crippen LogP contribution in [0.2, 0.25) is 0 Å². The molecule has 0 saturated heterocycles. The van der Waals surface area contributed by atoms with Crippen LogP contribution in [0.4, 0.5) is 4.39 Å². The standard InChI is InChI=1S/C12H15FO2/c1-2-3-12(13)10-4-6-11(7-5-10)15-9-8-14/h4-8,12H,2-3,9H2,1H3. The molecule has 2 nitrogen and oxygen atoms in total. The van der Waals surface area contributed by atoms with Crippen LogP contribution in [0.1, 0.15) is 31.5 Å². The van der Waals surface area contributed by atoms with Crippen LogP contribution < -0.4 is 4.74 Å². The molecule has 15 heavy (non-hydrogen) atoms. The molecule has 0 aliphatic carbocycles. The number of carbonyl (C=O) groups excluding carboxylic acids is 1. The van der Waals surface area contributed by atoms with Crippen molar-refractivity contribution in [3.63, 3.8) is 0 Å². The van der Waals surface area contributed by atoms with Gasteiger partial charge in [0.15, 0.2) is 6.29 Å². The smallest absolute Gasteiger partial charge is 0.157 e. The molecular weight excluding hydrogens is 195 g/mol. The van der Waals surface area contributed by atoms with E-state index >= 15 is 0 Å². The van der Waals surface area contributed by atoms with Gasteiger partial charge in [-0.05, 0) is 24.1 Å². The van der Waals surface area contributed by atoms with Crippen molar-refractivity contribution in [2.24, 2.45) is 0 Å². The Morgan fingerprint density at radius 1 is 1.40 bits per heavy atom. The van der Waals surface area contributed by atoms with Crippen LogP contribution in [-0.4, -0.2) is 12.9 Å². The molecule has 1 atom stereocenters. The summed E-state index contributed by atoms with van der Waals surface area (Å²) in [6.07, 6.45) is 1.14. The Kier molecular flexibility index (Phi) is 4.81. The van der Waals surface area contributed by atoms with E-state index in [1.54, 1.807) is 24.3 Å². The number of hydrogen-bond acceptors (Lipinski definition) is 2. The Morgan fingerprint density at radius 3 is 2.60 bits per heavy atom. The van der Waals surface area contributed by atoms with Crippen molar-refractivity contribution in [3.8, 4) is 5.75 Å². The molecule has 1 rings (SSSR count). The number of carbonyl (C=O) groups is 1. The molecule has 1 aromatic carbocycles. The third-order valence-electron chi connectivity index (χ3n) is 2.10. The second-order valence-corrected chi connectivity index (χ2v) is 3.30. The fraction of sp³-hybridized carbons (Fsp3) is 0.417. The molecular formula is C12H15FO2. The van der Waals surface area contributed by atoms with Crippen molar-refractivity contribution in [2.45, 2.75) is 25.9 Å². The van der Waals surface area contributed by atoms with Gasteiger partial charge in [-0.15, -0.1) is 0 Å². The van der Waals surface area contributed by atoms with E-state index in [4.69, 9.17) is 4.74 Å². The van der Waals surface area contributed by atoms with E-state index in [9.17, 15) is 9.18 Å². The zero-order valence-corrected chi connectivity index (χ0v) is 8.78. The molecule has 1 unspecified atom stereocenters. The van der Waals surface area contributed by atoms with Crippen molar-refractivity contribution in [3.05, 3.63) is 29.8 Å². The Bertz CT molecular complexity index is 295. The van der Waals surface area contributed by atoms with Gasteiger partial charge in [-0.2, -0.15) is 0 Å². The van der Waals surface area contributed by atoms with E-state index in [0.29, 0.717) is 24.0 Å². The minimum Gasteiger partial charge on any atom is -0.486 e. The lowest BCUT2D eigenvalue weighted by molar-refractivity contribution is -0.109. The van der Waals surface area contributed by atoms with E-state index in [1.165, 1.54) is 0 Å². The fourth-order valence-corrected chi connectivity index (χ4v) is 1.32. The van der Waals surface area contributed by atoms with Gasteiger partial charge in [0.2, 0.25) is 0 Å². The van der Waals surface area contributed by atoms with E-state index in [1.807, 2.05) is 6.92 Å². The molecule has 0 radical (unpaired) electrons. The maximum atomic E-state index is 13.4. The van der Waals surface area contributed by atoms with Crippen LogP contribution in [0, 0.1) is 0 Å². The molecule has 0 aromatic heterocycles. The Hall–Kier alpha value is -1.38. The van der Waals surface area contributed by atoms with Gasteiger partial charge in [0.05, 0.1) is 0 Å². The second-order valence-electron chi connectivity index (χ2n) is 3.30. The normalized spacial score (nSPS) is 12.1. The summed E-state index contributed by atoms with van der Waals surface area (Å²) in [6, 6.07) is 6.75. The van der Waals surface area contributed by atoms with Gasteiger partial charge in [0, 0.05) is 0 Å². The Balaban J connectivity index is 2.58. The van der Waals surface area contributed by atoms with E-state index < -0.39 is 6.17 Å². The lowest BCUT2D eigenvalue weighted by Crippen LogP contribution is -1.98. The van der Waals surface area contributed by atoms with Crippen molar-refractivity contribution < 1.29 is 13.9 Å². The SMILES string of the molecule is CCCC(F)c1ccc(OCC=O)cc1. The average Bonchev–Trinajstić information content (AvgIpc) is 2.27. The third kappa shape index (κ3) is 3.70. The minimum absolute atomic E-state index is 0.0351. The Labute approximate surface area is 89.1 Å². The summed E-state index contributed by atoms with van der Waals surface area (Å²) in [4.78, 5) is 10.1. The zero-order valence-electron chi connectivity index (χ0n) is 8.78. The van der Waals surface area contributed by atoms with Crippen molar-refractivity contribution >= 4 is 6.29 Å². The third-order valence-corrected chi connectivity index (χ3v) is 2.10. The molecule has 0 N–H and O–H groups in total.